The first-order chi connectivity index (χ1) is 13.2. The molecule has 138 valence electrons. The van der Waals surface area contributed by atoms with E-state index < -0.39 is 6.67 Å². The molecule has 1 atom stereocenters. The van der Waals surface area contributed by atoms with Gasteiger partial charge in [-0.2, -0.15) is 0 Å². The predicted octanol–water partition coefficient (Wildman–Crippen LogP) is 4.27. The Labute approximate surface area is 164 Å². The van der Waals surface area contributed by atoms with Gasteiger partial charge >= 0.3 is 0 Å². The molecule has 0 aliphatic carbocycles. The lowest BCUT2D eigenvalue weighted by Gasteiger charge is -2.12. The lowest BCUT2D eigenvalue weighted by molar-refractivity contribution is 0.485. The number of nitrogens with two attached hydrogens (primary N) is 1. The molecule has 0 fully saturated rings. The second kappa shape index (κ2) is 8.08. The average Bonchev–Trinajstić information content (AvgIpc) is 3.33. The molecule has 4 rings (SSSR count). The van der Waals surface area contributed by atoms with Crippen LogP contribution in [0, 0.1) is 0 Å². The SMILES string of the molecule is N[C@H](CNc1nnc(-c2cc3ccncc3s2)s1)Cc1ccc(CF)cc1. The summed E-state index contributed by atoms with van der Waals surface area (Å²) in [6, 6.07) is 11.5. The molecule has 1 aromatic carbocycles. The van der Waals surface area contributed by atoms with Crippen LogP contribution < -0.4 is 11.1 Å². The van der Waals surface area contributed by atoms with E-state index in [0.29, 0.717) is 18.5 Å². The van der Waals surface area contributed by atoms with Crippen LogP contribution in [-0.4, -0.2) is 27.8 Å². The number of aromatic nitrogens is 3. The Morgan fingerprint density at radius 2 is 1.89 bits per heavy atom. The Morgan fingerprint density at radius 3 is 2.67 bits per heavy atom. The number of hydrogen-bond acceptors (Lipinski definition) is 7. The first-order valence-electron chi connectivity index (χ1n) is 8.52. The minimum absolute atomic E-state index is 0.0658. The van der Waals surface area contributed by atoms with Crippen LogP contribution in [-0.2, 0) is 13.1 Å². The van der Waals surface area contributed by atoms with Gasteiger partial charge in [0.05, 0.1) is 9.58 Å². The fourth-order valence-corrected chi connectivity index (χ4v) is 4.56. The highest BCUT2D eigenvalue weighted by molar-refractivity contribution is 7.26. The maximum absolute atomic E-state index is 12.6. The van der Waals surface area contributed by atoms with Gasteiger partial charge in [0.1, 0.15) is 6.67 Å². The molecular weight excluding hydrogens is 381 g/mol. The Bertz CT molecular complexity index is 995. The van der Waals surface area contributed by atoms with Crippen molar-refractivity contribution in [1.82, 2.24) is 15.2 Å². The van der Waals surface area contributed by atoms with Gasteiger partial charge in [-0.3, -0.25) is 4.98 Å². The van der Waals surface area contributed by atoms with Gasteiger partial charge in [0.15, 0.2) is 5.01 Å². The zero-order valence-corrected chi connectivity index (χ0v) is 16.1. The monoisotopic (exact) mass is 399 g/mol. The smallest absolute Gasteiger partial charge is 0.206 e. The molecule has 0 spiro atoms. The molecule has 0 radical (unpaired) electrons. The highest BCUT2D eigenvalue weighted by Gasteiger charge is 2.11. The van der Waals surface area contributed by atoms with Crippen LogP contribution in [0.3, 0.4) is 0 Å². The van der Waals surface area contributed by atoms with E-state index in [-0.39, 0.29) is 6.04 Å². The molecule has 3 heterocycles. The molecule has 0 saturated carbocycles. The van der Waals surface area contributed by atoms with E-state index in [2.05, 4.69) is 26.6 Å². The van der Waals surface area contributed by atoms with E-state index in [1.165, 1.54) is 11.3 Å². The summed E-state index contributed by atoms with van der Waals surface area (Å²) in [7, 11) is 0. The number of anilines is 1. The van der Waals surface area contributed by atoms with E-state index >= 15 is 0 Å². The van der Waals surface area contributed by atoms with Gasteiger partial charge in [-0.05, 0) is 35.1 Å². The fraction of sp³-hybridized carbons (Fsp3) is 0.211. The van der Waals surface area contributed by atoms with Crippen molar-refractivity contribution in [2.45, 2.75) is 19.1 Å². The van der Waals surface area contributed by atoms with E-state index in [0.717, 1.165) is 30.7 Å². The summed E-state index contributed by atoms with van der Waals surface area (Å²) in [4.78, 5) is 5.23. The van der Waals surface area contributed by atoms with Crippen molar-refractivity contribution in [2.24, 2.45) is 5.73 Å². The summed E-state index contributed by atoms with van der Waals surface area (Å²) in [6.07, 6.45) is 4.37. The number of halogens is 1. The highest BCUT2D eigenvalue weighted by atomic mass is 32.1. The fourth-order valence-electron chi connectivity index (χ4n) is 2.74. The molecule has 0 bridgehead atoms. The average molecular weight is 400 g/mol. The Hall–Kier alpha value is -2.42. The summed E-state index contributed by atoms with van der Waals surface area (Å²) in [5.41, 5.74) is 7.99. The van der Waals surface area contributed by atoms with Crippen molar-refractivity contribution in [2.75, 3.05) is 11.9 Å². The van der Waals surface area contributed by atoms with Crippen LogP contribution in [0.25, 0.3) is 20.0 Å². The highest BCUT2D eigenvalue weighted by Crippen LogP contribution is 2.35. The number of thiophene rings is 1. The second-order valence-electron chi connectivity index (χ2n) is 6.23. The van der Waals surface area contributed by atoms with Gasteiger partial charge in [0.25, 0.3) is 0 Å². The maximum atomic E-state index is 12.6. The Morgan fingerprint density at radius 1 is 1.07 bits per heavy atom. The lowest BCUT2D eigenvalue weighted by Crippen LogP contribution is -2.31. The minimum Gasteiger partial charge on any atom is -0.359 e. The summed E-state index contributed by atoms with van der Waals surface area (Å²) in [5.74, 6) is 0. The normalized spacial score (nSPS) is 12.4. The Kier molecular flexibility index (Phi) is 5.38. The van der Waals surface area contributed by atoms with E-state index in [1.54, 1.807) is 29.7 Å². The first kappa shape index (κ1) is 18.0. The number of nitrogens with one attached hydrogen (secondary N) is 1. The van der Waals surface area contributed by atoms with Crippen molar-refractivity contribution in [3.63, 3.8) is 0 Å². The van der Waals surface area contributed by atoms with Crippen LogP contribution in [0.5, 0.6) is 0 Å². The van der Waals surface area contributed by atoms with Gasteiger partial charge in [0.2, 0.25) is 5.13 Å². The molecule has 3 N–H and O–H groups in total. The molecule has 8 heteroatoms. The van der Waals surface area contributed by atoms with E-state index in [9.17, 15) is 4.39 Å². The van der Waals surface area contributed by atoms with Crippen molar-refractivity contribution in [3.8, 4) is 9.88 Å². The van der Waals surface area contributed by atoms with Crippen LogP contribution in [0.4, 0.5) is 9.52 Å². The largest absolute Gasteiger partial charge is 0.359 e. The number of alkyl halides is 1. The Balaban J connectivity index is 1.36. The molecule has 5 nitrogen and oxygen atoms in total. The lowest BCUT2D eigenvalue weighted by atomic mass is 10.1. The first-order valence-corrected chi connectivity index (χ1v) is 10.2. The van der Waals surface area contributed by atoms with E-state index in [4.69, 9.17) is 5.73 Å². The van der Waals surface area contributed by atoms with Crippen LogP contribution in [0.1, 0.15) is 11.1 Å². The molecule has 0 unspecified atom stereocenters. The quantitative estimate of drug-likeness (QED) is 0.485. The zero-order chi connectivity index (χ0) is 18.6. The standard InChI is InChI=1S/C19H18FN5S2/c20-9-13-3-1-12(2-4-13)7-15(21)10-23-19-25-24-18(27-19)16-8-14-5-6-22-11-17(14)26-16/h1-6,8,11,15H,7,9-10,21H2,(H,23,25)/t15-/m0/s1. The van der Waals surface area contributed by atoms with Gasteiger partial charge in [-0.15, -0.1) is 21.5 Å². The summed E-state index contributed by atoms with van der Waals surface area (Å²) < 4.78 is 13.7. The zero-order valence-electron chi connectivity index (χ0n) is 14.4. The number of hydrogen-bond donors (Lipinski definition) is 2. The third-order valence-corrected chi connectivity index (χ3v) is 6.29. The van der Waals surface area contributed by atoms with Gasteiger partial charge in [-0.1, -0.05) is 35.6 Å². The maximum Gasteiger partial charge on any atom is 0.206 e. The predicted molar refractivity (Wildman–Crippen MR) is 110 cm³/mol. The number of nitrogens with zero attached hydrogens (tertiary/aromatic N) is 3. The number of fused-ring (bicyclic) bond motifs is 1. The van der Waals surface area contributed by atoms with Crippen LogP contribution >= 0.6 is 22.7 Å². The van der Waals surface area contributed by atoms with Crippen molar-refractivity contribution < 1.29 is 4.39 Å². The van der Waals surface area contributed by atoms with Gasteiger partial charge in [0, 0.05) is 25.0 Å². The molecule has 0 saturated heterocycles. The van der Waals surface area contributed by atoms with Crippen molar-refractivity contribution >= 4 is 37.9 Å². The summed E-state index contributed by atoms with van der Waals surface area (Å²) >= 11 is 3.17. The van der Waals surface area contributed by atoms with Gasteiger partial charge in [-0.25, -0.2) is 4.39 Å². The van der Waals surface area contributed by atoms with Gasteiger partial charge < -0.3 is 11.1 Å². The topological polar surface area (TPSA) is 76.7 Å². The van der Waals surface area contributed by atoms with Crippen molar-refractivity contribution in [1.29, 1.82) is 0 Å². The molecule has 0 amide bonds. The molecule has 3 aromatic heterocycles. The van der Waals surface area contributed by atoms with Crippen LogP contribution in [0.2, 0.25) is 0 Å². The minimum atomic E-state index is -0.441. The number of benzene rings is 1. The third-order valence-electron chi connectivity index (χ3n) is 4.15. The van der Waals surface area contributed by atoms with Crippen LogP contribution in [0.15, 0.2) is 48.8 Å². The molecule has 4 aromatic rings. The van der Waals surface area contributed by atoms with Crippen molar-refractivity contribution in [3.05, 3.63) is 59.9 Å². The molecular formula is C19H18FN5S2. The number of rotatable bonds is 7. The second-order valence-corrected chi connectivity index (χ2v) is 8.29. The molecule has 27 heavy (non-hydrogen) atoms. The molecule has 0 aliphatic rings. The summed E-state index contributed by atoms with van der Waals surface area (Å²) in [6.45, 7) is 0.152. The molecule has 0 aliphatic heterocycles. The third kappa shape index (κ3) is 4.29. The van der Waals surface area contributed by atoms with E-state index in [1.807, 2.05) is 24.4 Å². The number of pyridine rings is 1. The summed E-state index contributed by atoms with van der Waals surface area (Å²) in [5, 5.41) is 14.6.